The maximum absolute atomic E-state index is 12.1. The average Bonchev–Trinajstić information content (AvgIpc) is 2.75. The van der Waals surface area contributed by atoms with Crippen molar-refractivity contribution in [1.29, 1.82) is 0 Å². The molecule has 1 unspecified atom stereocenters. The average molecular weight is 250 g/mol. The highest BCUT2D eigenvalue weighted by molar-refractivity contribution is 7.80. The zero-order valence-electron chi connectivity index (χ0n) is 9.30. The van der Waals surface area contributed by atoms with Gasteiger partial charge in [0.05, 0.1) is 6.10 Å². The summed E-state index contributed by atoms with van der Waals surface area (Å²) in [5, 5.41) is 9.40. The Morgan fingerprint density at radius 2 is 2.18 bits per heavy atom. The summed E-state index contributed by atoms with van der Waals surface area (Å²) in [7, 11) is 0. The van der Waals surface area contributed by atoms with Crippen LogP contribution in [0.3, 0.4) is 0 Å². The molecular weight excluding hydrogens is 236 g/mol. The van der Waals surface area contributed by atoms with Crippen LogP contribution in [0, 0.1) is 0 Å². The first-order valence-electron chi connectivity index (χ1n) is 5.45. The normalized spacial score (nSPS) is 19.4. The molecule has 1 aromatic carbocycles. The van der Waals surface area contributed by atoms with Crippen LogP contribution in [0.25, 0.3) is 0 Å². The van der Waals surface area contributed by atoms with E-state index in [1.54, 1.807) is 29.2 Å². The van der Waals surface area contributed by atoms with Crippen LogP contribution in [0.1, 0.15) is 22.3 Å². The molecule has 90 valence electrons. The fourth-order valence-electron chi connectivity index (χ4n) is 1.91. The second-order valence-electron chi connectivity index (χ2n) is 4.14. The first kappa shape index (κ1) is 12.0. The predicted molar refractivity (Wildman–Crippen MR) is 68.9 cm³/mol. The topological polar surface area (TPSA) is 66.6 Å². The van der Waals surface area contributed by atoms with Gasteiger partial charge < -0.3 is 15.7 Å². The van der Waals surface area contributed by atoms with Crippen molar-refractivity contribution in [2.45, 2.75) is 12.5 Å². The number of benzene rings is 1. The number of carbonyl (C=O) groups is 1. The van der Waals surface area contributed by atoms with Gasteiger partial charge in [0.2, 0.25) is 0 Å². The molecular formula is C12H14N2O2S. The number of nitrogens with two attached hydrogens (primary N) is 1. The molecule has 4 nitrogen and oxygen atoms in total. The van der Waals surface area contributed by atoms with Gasteiger partial charge in [0, 0.05) is 24.2 Å². The summed E-state index contributed by atoms with van der Waals surface area (Å²) in [5.74, 6) is -0.0837. The molecule has 1 saturated heterocycles. The minimum absolute atomic E-state index is 0.0837. The molecule has 5 heteroatoms. The third kappa shape index (κ3) is 2.62. The van der Waals surface area contributed by atoms with Crippen molar-refractivity contribution in [2.24, 2.45) is 5.73 Å². The van der Waals surface area contributed by atoms with Crippen molar-refractivity contribution < 1.29 is 9.90 Å². The molecule has 1 aromatic rings. The third-order valence-electron chi connectivity index (χ3n) is 2.84. The monoisotopic (exact) mass is 250 g/mol. The molecule has 1 atom stereocenters. The molecule has 3 N–H and O–H groups in total. The van der Waals surface area contributed by atoms with Crippen molar-refractivity contribution >= 4 is 23.1 Å². The standard InChI is InChI=1S/C12H14N2O2S/c13-11(17)8-2-1-3-9(6-8)12(16)14-5-4-10(15)7-14/h1-3,6,10,15H,4-5,7H2,(H2,13,17). The minimum atomic E-state index is -0.405. The number of carbonyl (C=O) groups excluding carboxylic acids is 1. The highest BCUT2D eigenvalue weighted by atomic mass is 32.1. The molecule has 17 heavy (non-hydrogen) atoms. The van der Waals surface area contributed by atoms with Crippen LogP contribution in [-0.4, -0.2) is 40.1 Å². The Balaban J connectivity index is 2.19. The third-order valence-corrected chi connectivity index (χ3v) is 3.08. The molecule has 1 aliphatic rings. The van der Waals surface area contributed by atoms with Gasteiger partial charge in [0.15, 0.2) is 0 Å². The van der Waals surface area contributed by atoms with Gasteiger partial charge >= 0.3 is 0 Å². The molecule has 0 bridgehead atoms. The lowest BCUT2D eigenvalue weighted by Crippen LogP contribution is -2.29. The quantitative estimate of drug-likeness (QED) is 0.751. The van der Waals surface area contributed by atoms with E-state index >= 15 is 0 Å². The van der Waals surface area contributed by atoms with Crippen LogP contribution < -0.4 is 5.73 Å². The van der Waals surface area contributed by atoms with Crippen molar-refractivity contribution in [2.75, 3.05) is 13.1 Å². The SMILES string of the molecule is NC(=S)c1cccc(C(=O)N2CCC(O)C2)c1. The summed E-state index contributed by atoms with van der Waals surface area (Å²) < 4.78 is 0. The van der Waals surface area contributed by atoms with E-state index in [1.807, 2.05) is 0 Å². The fraction of sp³-hybridized carbons (Fsp3) is 0.333. The van der Waals surface area contributed by atoms with E-state index in [-0.39, 0.29) is 10.9 Å². The van der Waals surface area contributed by atoms with Gasteiger partial charge in [-0.1, -0.05) is 24.4 Å². The Labute approximate surface area is 105 Å². The maximum Gasteiger partial charge on any atom is 0.253 e. The van der Waals surface area contributed by atoms with Gasteiger partial charge in [0.25, 0.3) is 5.91 Å². The summed E-state index contributed by atoms with van der Waals surface area (Å²) in [6.07, 6.45) is 0.235. The number of aliphatic hydroxyl groups is 1. The van der Waals surface area contributed by atoms with Crippen molar-refractivity contribution in [3.05, 3.63) is 35.4 Å². The van der Waals surface area contributed by atoms with Gasteiger partial charge in [-0.2, -0.15) is 0 Å². The van der Waals surface area contributed by atoms with Crippen LogP contribution >= 0.6 is 12.2 Å². The van der Waals surface area contributed by atoms with Crippen LogP contribution in [0.5, 0.6) is 0 Å². The van der Waals surface area contributed by atoms with Gasteiger partial charge in [-0.15, -0.1) is 0 Å². The van der Waals surface area contributed by atoms with Gasteiger partial charge in [-0.3, -0.25) is 4.79 Å². The molecule has 1 aliphatic heterocycles. The highest BCUT2D eigenvalue weighted by Crippen LogP contribution is 2.14. The first-order chi connectivity index (χ1) is 8.08. The van der Waals surface area contributed by atoms with E-state index < -0.39 is 6.10 Å². The van der Waals surface area contributed by atoms with Crippen LogP contribution in [-0.2, 0) is 0 Å². The van der Waals surface area contributed by atoms with Gasteiger partial charge in [0.1, 0.15) is 4.99 Å². The summed E-state index contributed by atoms with van der Waals surface area (Å²) in [4.78, 5) is 14.0. The van der Waals surface area contributed by atoms with E-state index in [1.165, 1.54) is 0 Å². The fourth-order valence-corrected chi connectivity index (χ4v) is 2.04. The van der Waals surface area contributed by atoms with Crippen LogP contribution in [0.4, 0.5) is 0 Å². The predicted octanol–water partition coefficient (Wildman–Crippen LogP) is 0.528. The highest BCUT2D eigenvalue weighted by Gasteiger charge is 2.25. The first-order valence-corrected chi connectivity index (χ1v) is 5.86. The number of β-amino-alcohol motifs (C(OH)–C–C–N with tert-alkyl or cyclic N) is 1. The molecule has 1 fully saturated rings. The molecule has 0 aliphatic carbocycles. The maximum atomic E-state index is 12.1. The Kier molecular flexibility index (Phi) is 3.40. The summed E-state index contributed by atoms with van der Waals surface area (Å²) in [6.45, 7) is 0.993. The molecule has 2 rings (SSSR count). The second-order valence-corrected chi connectivity index (χ2v) is 4.58. The van der Waals surface area contributed by atoms with Gasteiger partial charge in [-0.25, -0.2) is 0 Å². The number of hydrogen-bond acceptors (Lipinski definition) is 3. The largest absolute Gasteiger partial charge is 0.391 e. The number of thiocarbonyl (C=S) groups is 1. The number of nitrogens with zero attached hydrogens (tertiary/aromatic N) is 1. The van der Waals surface area contributed by atoms with Crippen LogP contribution in [0.15, 0.2) is 24.3 Å². The lowest BCUT2D eigenvalue weighted by molar-refractivity contribution is 0.0765. The van der Waals surface area contributed by atoms with Crippen molar-refractivity contribution in [3.8, 4) is 0 Å². The molecule has 1 heterocycles. The number of aliphatic hydroxyl groups excluding tert-OH is 1. The molecule has 0 aromatic heterocycles. The Hall–Kier alpha value is -1.46. The zero-order chi connectivity index (χ0) is 12.4. The van der Waals surface area contributed by atoms with Crippen molar-refractivity contribution in [3.63, 3.8) is 0 Å². The lowest BCUT2D eigenvalue weighted by atomic mass is 10.1. The summed E-state index contributed by atoms with van der Waals surface area (Å²) >= 11 is 4.87. The summed E-state index contributed by atoms with van der Waals surface area (Å²) in [5.41, 5.74) is 6.77. The van der Waals surface area contributed by atoms with Gasteiger partial charge in [-0.05, 0) is 18.6 Å². The second kappa shape index (κ2) is 4.81. The number of rotatable bonds is 2. The Morgan fingerprint density at radius 1 is 1.47 bits per heavy atom. The van der Waals surface area contributed by atoms with Crippen LogP contribution in [0.2, 0.25) is 0 Å². The minimum Gasteiger partial charge on any atom is -0.391 e. The number of likely N-dealkylation sites (tertiary alicyclic amines) is 1. The Morgan fingerprint density at radius 3 is 2.76 bits per heavy atom. The number of amides is 1. The molecule has 0 radical (unpaired) electrons. The van der Waals surface area contributed by atoms with Crippen molar-refractivity contribution in [1.82, 2.24) is 4.90 Å². The zero-order valence-corrected chi connectivity index (χ0v) is 10.1. The molecule has 0 saturated carbocycles. The summed E-state index contributed by atoms with van der Waals surface area (Å²) in [6, 6.07) is 6.95. The van der Waals surface area contributed by atoms with E-state index in [0.29, 0.717) is 30.6 Å². The lowest BCUT2D eigenvalue weighted by Gasteiger charge is -2.15. The van der Waals surface area contributed by atoms with E-state index in [0.717, 1.165) is 0 Å². The molecule has 1 amide bonds. The van der Waals surface area contributed by atoms with E-state index in [4.69, 9.17) is 18.0 Å². The molecule has 0 spiro atoms. The van der Waals surface area contributed by atoms with E-state index in [9.17, 15) is 9.90 Å². The Bertz CT molecular complexity index is 462. The smallest absolute Gasteiger partial charge is 0.253 e. The van der Waals surface area contributed by atoms with E-state index in [2.05, 4.69) is 0 Å². The number of hydrogen-bond donors (Lipinski definition) is 2.